The number of hydrogen-bond acceptors (Lipinski definition) is 3. The number of halogens is 5. The Morgan fingerprint density at radius 3 is 2.58 bits per heavy atom. The van der Waals surface area contributed by atoms with Crippen LogP contribution in [0.4, 0.5) is 28.9 Å². The molecule has 1 aliphatic rings. The van der Waals surface area contributed by atoms with Gasteiger partial charge in [0.1, 0.15) is 5.82 Å². The molecular weight excluding hydrogens is 480 g/mol. The summed E-state index contributed by atoms with van der Waals surface area (Å²) in [7, 11) is 0. The van der Waals surface area contributed by atoms with Crippen LogP contribution in [0.15, 0.2) is 47.8 Å². The minimum Gasteiger partial charge on any atom is -0.322 e. The number of carbonyl (C=O) groups is 2. The number of nitrogens with one attached hydrogen (secondary N) is 1. The Balaban J connectivity index is 1.55. The Morgan fingerprint density at radius 2 is 1.85 bits per heavy atom. The SMILES string of the molecule is O=C(Nc1ccc(C(=O)N2CCCCc3sccc32)c(Cl)c1)c1cc(F)cc(C(F)(F)F)c1. The van der Waals surface area contributed by atoms with Gasteiger partial charge >= 0.3 is 6.18 Å². The summed E-state index contributed by atoms with van der Waals surface area (Å²) in [6.45, 7) is 0.554. The van der Waals surface area contributed by atoms with Crippen LogP contribution in [0.2, 0.25) is 5.02 Å². The van der Waals surface area contributed by atoms with Crippen molar-refractivity contribution in [3.63, 3.8) is 0 Å². The van der Waals surface area contributed by atoms with Crippen molar-refractivity contribution < 1.29 is 27.2 Å². The van der Waals surface area contributed by atoms with E-state index in [-0.39, 0.29) is 22.2 Å². The third-order valence-corrected chi connectivity index (χ3v) is 6.52. The highest BCUT2D eigenvalue weighted by Gasteiger charge is 2.32. The Hall–Kier alpha value is -2.91. The highest BCUT2D eigenvalue weighted by molar-refractivity contribution is 7.10. The van der Waals surface area contributed by atoms with Gasteiger partial charge in [-0.05, 0) is 67.1 Å². The molecule has 0 saturated carbocycles. The van der Waals surface area contributed by atoms with Gasteiger partial charge in [-0.1, -0.05) is 11.6 Å². The molecule has 1 aliphatic heterocycles. The van der Waals surface area contributed by atoms with Crippen molar-refractivity contribution in [1.82, 2.24) is 0 Å². The van der Waals surface area contributed by atoms with Crippen LogP contribution in [0.5, 0.6) is 0 Å². The molecule has 0 unspecified atom stereocenters. The van der Waals surface area contributed by atoms with Crippen molar-refractivity contribution in [2.45, 2.75) is 25.4 Å². The van der Waals surface area contributed by atoms with E-state index >= 15 is 0 Å². The molecule has 172 valence electrons. The molecule has 0 fully saturated rings. The Morgan fingerprint density at radius 1 is 1.06 bits per heavy atom. The molecule has 3 aromatic rings. The Bertz CT molecular complexity index is 1230. The molecule has 0 bridgehead atoms. The van der Waals surface area contributed by atoms with E-state index in [0.29, 0.717) is 24.7 Å². The average Bonchev–Trinajstić information content (AvgIpc) is 3.11. The molecule has 1 N–H and O–H groups in total. The van der Waals surface area contributed by atoms with Crippen molar-refractivity contribution in [3.8, 4) is 0 Å². The van der Waals surface area contributed by atoms with Crippen LogP contribution in [-0.4, -0.2) is 18.4 Å². The van der Waals surface area contributed by atoms with Crippen molar-refractivity contribution >= 4 is 46.1 Å². The van der Waals surface area contributed by atoms with Crippen LogP contribution < -0.4 is 10.2 Å². The molecule has 0 saturated heterocycles. The molecule has 0 radical (unpaired) electrons. The van der Waals surface area contributed by atoms with Crippen LogP contribution in [0.3, 0.4) is 0 Å². The van der Waals surface area contributed by atoms with E-state index in [2.05, 4.69) is 5.32 Å². The topological polar surface area (TPSA) is 49.4 Å². The maximum Gasteiger partial charge on any atom is 0.416 e. The number of aryl methyl sites for hydroxylation is 1. The minimum absolute atomic E-state index is 0.0778. The molecule has 0 aliphatic carbocycles. The van der Waals surface area contributed by atoms with E-state index in [0.717, 1.165) is 29.8 Å². The van der Waals surface area contributed by atoms with E-state index < -0.39 is 29.0 Å². The first kappa shape index (κ1) is 23.3. The Labute approximate surface area is 195 Å². The molecule has 4 rings (SSSR count). The first-order valence-electron chi connectivity index (χ1n) is 10.0. The zero-order valence-electron chi connectivity index (χ0n) is 17.0. The molecule has 4 nitrogen and oxygen atoms in total. The highest BCUT2D eigenvalue weighted by Crippen LogP contribution is 2.34. The number of carbonyl (C=O) groups excluding carboxylic acids is 2. The number of alkyl halides is 3. The summed E-state index contributed by atoms with van der Waals surface area (Å²) in [6, 6.07) is 7.70. The molecule has 2 aromatic carbocycles. The van der Waals surface area contributed by atoms with Gasteiger partial charge in [0.2, 0.25) is 0 Å². The number of hydrogen-bond donors (Lipinski definition) is 1. The van der Waals surface area contributed by atoms with Gasteiger partial charge < -0.3 is 10.2 Å². The van der Waals surface area contributed by atoms with Crippen LogP contribution >= 0.6 is 22.9 Å². The standard InChI is InChI=1S/C23H17ClF4N2O2S/c24-18-12-16(29-21(31)13-9-14(23(26,27)28)11-15(25)10-13)4-5-17(18)22(32)30-7-2-1-3-20-19(30)6-8-33-20/h4-6,8-12H,1-3,7H2,(H,29,31). The summed E-state index contributed by atoms with van der Waals surface area (Å²) in [4.78, 5) is 28.4. The summed E-state index contributed by atoms with van der Waals surface area (Å²) in [5, 5.41) is 4.41. The first-order valence-corrected chi connectivity index (χ1v) is 11.3. The summed E-state index contributed by atoms with van der Waals surface area (Å²) in [5.74, 6) is -2.40. The normalized spacial score (nSPS) is 13.9. The molecule has 2 heterocycles. The smallest absolute Gasteiger partial charge is 0.322 e. The van der Waals surface area contributed by atoms with Crippen molar-refractivity contribution in [3.05, 3.63) is 80.3 Å². The summed E-state index contributed by atoms with van der Waals surface area (Å²) < 4.78 is 52.3. The third kappa shape index (κ3) is 5.04. The number of thiophene rings is 1. The second-order valence-corrected chi connectivity index (χ2v) is 8.93. The lowest BCUT2D eigenvalue weighted by atomic mass is 10.1. The largest absolute Gasteiger partial charge is 0.416 e. The van der Waals surface area contributed by atoms with Crippen molar-refractivity contribution in [1.29, 1.82) is 0 Å². The second-order valence-electron chi connectivity index (χ2n) is 7.52. The van der Waals surface area contributed by atoms with Gasteiger partial charge in [0, 0.05) is 22.7 Å². The lowest BCUT2D eigenvalue weighted by Gasteiger charge is -2.22. The zero-order chi connectivity index (χ0) is 23.8. The van der Waals surface area contributed by atoms with Crippen LogP contribution in [-0.2, 0) is 12.6 Å². The van der Waals surface area contributed by atoms with Crippen LogP contribution in [0, 0.1) is 5.82 Å². The quantitative estimate of drug-likeness (QED) is 0.406. The first-order chi connectivity index (χ1) is 15.6. The summed E-state index contributed by atoms with van der Waals surface area (Å²) >= 11 is 7.92. The van der Waals surface area contributed by atoms with E-state index in [4.69, 9.17) is 11.6 Å². The van der Waals surface area contributed by atoms with E-state index in [1.165, 1.54) is 18.2 Å². The monoisotopic (exact) mass is 496 g/mol. The molecular formula is C23H17ClF4N2O2S. The number of amides is 2. The average molecular weight is 497 g/mol. The maximum atomic E-state index is 13.6. The van der Waals surface area contributed by atoms with E-state index in [9.17, 15) is 27.2 Å². The molecule has 1 aromatic heterocycles. The number of rotatable bonds is 3. The summed E-state index contributed by atoms with van der Waals surface area (Å²) in [6.07, 6.45) is -2.05. The molecule has 0 spiro atoms. The van der Waals surface area contributed by atoms with Gasteiger partial charge in [0.15, 0.2) is 0 Å². The lowest BCUT2D eigenvalue weighted by molar-refractivity contribution is -0.137. The molecule has 0 atom stereocenters. The van der Waals surface area contributed by atoms with Gasteiger partial charge in [-0.25, -0.2) is 4.39 Å². The van der Waals surface area contributed by atoms with Gasteiger partial charge in [-0.2, -0.15) is 13.2 Å². The second kappa shape index (κ2) is 9.15. The third-order valence-electron chi connectivity index (χ3n) is 5.24. The van der Waals surface area contributed by atoms with Crippen molar-refractivity contribution in [2.75, 3.05) is 16.8 Å². The highest BCUT2D eigenvalue weighted by atomic mass is 35.5. The lowest BCUT2D eigenvalue weighted by Crippen LogP contribution is -2.31. The fourth-order valence-electron chi connectivity index (χ4n) is 3.65. The summed E-state index contributed by atoms with van der Waals surface area (Å²) in [5.41, 5.74) is -0.502. The minimum atomic E-state index is -4.79. The molecule has 2 amide bonds. The van der Waals surface area contributed by atoms with Crippen LogP contribution in [0.25, 0.3) is 0 Å². The van der Waals surface area contributed by atoms with Crippen molar-refractivity contribution in [2.24, 2.45) is 0 Å². The van der Waals surface area contributed by atoms with Gasteiger partial charge in [-0.15, -0.1) is 11.3 Å². The fraction of sp³-hybridized carbons (Fsp3) is 0.217. The fourth-order valence-corrected chi connectivity index (χ4v) is 4.83. The molecule has 10 heteroatoms. The molecule has 33 heavy (non-hydrogen) atoms. The number of anilines is 2. The predicted molar refractivity (Wildman–Crippen MR) is 120 cm³/mol. The number of nitrogens with zero attached hydrogens (tertiary/aromatic N) is 1. The predicted octanol–water partition coefficient (Wildman–Crippen LogP) is 6.79. The Kier molecular flexibility index (Phi) is 6.45. The van der Waals surface area contributed by atoms with E-state index in [1.807, 2.05) is 11.4 Å². The maximum absolute atomic E-state index is 13.6. The van der Waals surface area contributed by atoms with Crippen LogP contribution in [0.1, 0.15) is 44.0 Å². The number of fused-ring (bicyclic) bond motifs is 1. The van der Waals surface area contributed by atoms with Gasteiger partial charge in [0.05, 0.1) is 21.8 Å². The number of benzene rings is 2. The van der Waals surface area contributed by atoms with Gasteiger partial charge in [0.25, 0.3) is 11.8 Å². The van der Waals surface area contributed by atoms with Gasteiger partial charge in [-0.3, -0.25) is 9.59 Å². The zero-order valence-corrected chi connectivity index (χ0v) is 18.6. The van der Waals surface area contributed by atoms with E-state index in [1.54, 1.807) is 16.2 Å².